The first-order chi connectivity index (χ1) is 9.51. The van der Waals surface area contributed by atoms with Crippen molar-refractivity contribution in [3.05, 3.63) is 35.9 Å². The van der Waals surface area contributed by atoms with Crippen LogP contribution in [-0.4, -0.2) is 18.8 Å². The van der Waals surface area contributed by atoms with Crippen molar-refractivity contribution in [2.24, 2.45) is 0 Å². The van der Waals surface area contributed by atoms with Crippen molar-refractivity contribution in [2.75, 3.05) is 6.54 Å². The van der Waals surface area contributed by atoms with Crippen molar-refractivity contribution >= 4 is 0 Å². The maximum absolute atomic E-state index is 12.2. The molecule has 1 nitrogen and oxygen atoms in total. The van der Waals surface area contributed by atoms with E-state index in [1.807, 2.05) is 18.2 Å². The molecule has 114 valence electrons. The standard InChI is InChI=1S/C16H24F3N/c1-2-13-20-15(9-6-12-16(17,18)19)11-10-14-7-4-3-5-8-14/h3-5,7-8,15,20H,2,6,9-13H2,1H3. The third-order valence-corrected chi connectivity index (χ3v) is 3.32. The van der Waals surface area contributed by atoms with Gasteiger partial charge in [-0.15, -0.1) is 0 Å². The molecule has 1 N–H and O–H groups in total. The highest BCUT2D eigenvalue weighted by Crippen LogP contribution is 2.23. The smallest absolute Gasteiger partial charge is 0.314 e. The molecule has 0 aliphatic heterocycles. The molecule has 1 aromatic rings. The van der Waals surface area contributed by atoms with Gasteiger partial charge in [-0.3, -0.25) is 0 Å². The molecule has 0 saturated heterocycles. The zero-order valence-corrected chi connectivity index (χ0v) is 12.0. The van der Waals surface area contributed by atoms with Crippen molar-refractivity contribution in [2.45, 2.75) is 57.7 Å². The Balaban J connectivity index is 2.35. The first kappa shape index (κ1) is 17.0. The quantitative estimate of drug-likeness (QED) is 0.693. The Morgan fingerprint density at radius 1 is 1.10 bits per heavy atom. The lowest BCUT2D eigenvalue weighted by Gasteiger charge is -2.19. The fraction of sp³-hybridized carbons (Fsp3) is 0.625. The van der Waals surface area contributed by atoms with Gasteiger partial charge >= 0.3 is 6.18 Å². The number of aryl methyl sites for hydroxylation is 1. The maximum atomic E-state index is 12.2. The van der Waals surface area contributed by atoms with Gasteiger partial charge in [-0.25, -0.2) is 0 Å². The number of hydrogen-bond donors (Lipinski definition) is 1. The second kappa shape index (κ2) is 9.01. The zero-order chi connectivity index (χ0) is 14.8. The molecule has 0 radical (unpaired) electrons. The Morgan fingerprint density at radius 3 is 2.40 bits per heavy atom. The fourth-order valence-electron chi connectivity index (χ4n) is 2.23. The maximum Gasteiger partial charge on any atom is 0.389 e. The highest BCUT2D eigenvalue weighted by atomic mass is 19.4. The lowest BCUT2D eigenvalue weighted by molar-refractivity contribution is -0.135. The van der Waals surface area contributed by atoms with E-state index in [9.17, 15) is 13.2 Å². The van der Waals surface area contributed by atoms with Gasteiger partial charge in [0.2, 0.25) is 0 Å². The Bertz CT molecular complexity index is 348. The molecule has 0 bridgehead atoms. The Kier molecular flexibility index (Phi) is 7.67. The number of nitrogens with one attached hydrogen (secondary N) is 1. The van der Waals surface area contributed by atoms with Crippen molar-refractivity contribution in [3.63, 3.8) is 0 Å². The van der Waals surface area contributed by atoms with Crippen LogP contribution in [0.15, 0.2) is 30.3 Å². The van der Waals surface area contributed by atoms with E-state index in [2.05, 4.69) is 24.4 Å². The average molecular weight is 287 g/mol. The summed E-state index contributed by atoms with van der Waals surface area (Å²) in [7, 11) is 0. The van der Waals surface area contributed by atoms with Crippen LogP contribution in [0.2, 0.25) is 0 Å². The predicted molar refractivity (Wildman–Crippen MR) is 76.8 cm³/mol. The lowest BCUT2D eigenvalue weighted by atomic mass is 10.0. The molecule has 4 heteroatoms. The van der Waals surface area contributed by atoms with E-state index < -0.39 is 12.6 Å². The van der Waals surface area contributed by atoms with Crippen LogP contribution >= 0.6 is 0 Å². The van der Waals surface area contributed by atoms with E-state index in [0.29, 0.717) is 6.42 Å². The highest BCUT2D eigenvalue weighted by Gasteiger charge is 2.26. The number of halogens is 3. The Labute approximate surface area is 119 Å². The second-order valence-electron chi connectivity index (χ2n) is 5.18. The molecule has 0 aliphatic carbocycles. The first-order valence-electron chi connectivity index (χ1n) is 7.35. The van der Waals surface area contributed by atoms with Gasteiger partial charge in [0.25, 0.3) is 0 Å². The van der Waals surface area contributed by atoms with E-state index in [0.717, 1.165) is 25.8 Å². The Morgan fingerprint density at radius 2 is 1.80 bits per heavy atom. The van der Waals surface area contributed by atoms with Crippen molar-refractivity contribution < 1.29 is 13.2 Å². The molecule has 1 rings (SSSR count). The van der Waals surface area contributed by atoms with Crippen molar-refractivity contribution in [3.8, 4) is 0 Å². The van der Waals surface area contributed by atoms with Gasteiger partial charge in [0, 0.05) is 12.5 Å². The monoisotopic (exact) mass is 287 g/mol. The summed E-state index contributed by atoms with van der Waals surface area (Å²) in [5.74, 6) is 0. The second-order valence-corrected chi connectivity index (χ2v) is 5.18. The summed E-state index contributed by atoms with van der Waals surface area (Å²) in [6.45, 7) is 2.93. The zero-order valence-electron chi connectivity index (χ0n) is 12.0. The van der Waals surface area contributed by atoms with Crippen LogP contribution in [0.1, 0.15) is 44.6 Å². The van der Waals surface area contributed by atoms with Crippen molar-refractivity contribution in [1.29, 1.82) is 0 Å². The molecule has 1 unspecified atom stereocenters. The molecule has 0 heterocycles. The van der Waals surface area contributed by atoms with Gasteiger partial charge in [0.05, 0.1) is 0 Å². The van der Waals surface area contributed by atoms with Gasteiger partial charge in [0.1, 0.15) is 0 Å². The summed E-state index contributed by atoms with van der Waals surface area (Å²) in [6, 6.07) is 10.3. The largest absolute Gasteiger partial charge is 0.389 e. The molecule has 1 atom stereocenters. The predicted octanol–water partition coefficient (Wildman–Crippen LogP) is 4.72. The Hall–Kier alpha value is -1.03. The molecule has 0 fully saturated rings. The van der Waals surface area contributed by atoms with E-state index in [4.69, 9.17) is 0 Å². The number of rotatable bonds is 9. The van der Waals surface area contributed by atoms with E-state index in [1.54, 1.807) is 0 Å². The van der Waals surface area contributed by atoms with Crippen LogP contribution in [-0.2, 0) is 6.42 Å². The van der Waals surface area contributed by atoms with Gasteiger partial charge in [-0.2, -0.15) is 13.2 Å². The van der Waals surface area contributed by atoms with Gasteiger partial charge < -0.3 is 5.32 Å². The van der Waals surface area contributed by atoms with Gasteiger partial charge in [-0.05, 0) is 44.2 Å². The van der Waals surface area contributed by atoms with Crippen LogP contribution in [0, 0.1) is 0 Å². The normalized spacial score (nSPS) is 13.4. The molecule has 0 aromatic heterocycles. The molecule has 1 aromatic carbocycles. The van der Waals surface area contributed by atoms with Crippen LogP contribution in [0.3, 0.4) is 0 Å². The number of hydrogen-bond acceptors (Lipinski definition) is 1. The van der Waals surface area contributed by atoms with Crippen LogP contribution in [0.4, 0.5) is 13.2 Å². The lowest BCUT2D eigenvalue weighted by Crippen LogP contribution is -2.30. The number of benzene rings is 1. The van der Waals surface area contributed by atoms with Crippen molar-refractivity contribution in [1.82, 2.24) is 5.32 Å². The van der Waals surface area contributed by atoms with Crippen LogP contribution < -0.4 is 5.32 Å². The molecule has 0 spiro atoms. The third-order valence-electron chi connectivity index (χ3n) is 3.32. The van der Waals surface area contributed by atoms with Crippen LogP contribution in [0.5, 0.6) is 0 Å². The van der Waals surface area contributed by atoms with Crippen LogP contribution in [0.25, 0.3) is 0 Å². The third kappa shape index (κ3) is 8.20. The summed E-state index contributed by atoms with van der Waals surface area (Å²) < 4.78 is 36.6. The minimum absolute atomic E-state index is 0.178. The van der Waals surface area contributed by atoms with E-state index in [-0.39, 0.29) is 12.5 Å². The summed E-state index contributed by atoms with van der Waals surface area (Å²) in [5, 5.41) is 3.36. The van der Waals surface area contributed by atoms with E-state index in [1.165, 1.54) is 5.56 Å². The fourth-order valence-corrected chi connectivity index (χ4v) is 2.23. The topological polar surface area (TPSA) is 12.0 Å². The number of alkyl halides is 3. The summed E-state index contributed by atoms with van der Waals surface area (Å²) >= 11 is 0. The minimum atomic E-state index is -4.03. The molecule has 0 amide bonds. The van der Waals surface area contributed by atoms with Gasteiger partial charge in [-0.1, -0.05) is 37.3 Å². The molecule has 0 aliphatic rings. The first-order valence-corrected chi connectivity index (χ1v) is 7.35. The summed E-state index contributed by atoms with van der Waals surface area (Å²) in [5.41, 5.74) is 1.24. The molecule has 0 saturated carbocycles. The minimum Gasteiger partial charge on any atom is -0.314 e. The SMILES string of the molecule is CCCNC(CCCC(F)(F)F)CCc1ccccc1. The molecule has 20 heavy (non-hydrogen) atoms. The summed E-state index contributed by atoms with van der Waals surface area (Å²) in [4.78, 5) is 0. The summed E-state index contributed by atoms with van der Waals surface area (Å²) in [6.07, 6.45) is -1.11. The average Bonchev–Trinajstić information content (AvgIpc) is 2.41. The van der Waals surface area contributed by atoms with Gasteiger partial charge in [0.15, 0.2) is 0 Å². The molecular formula is C16H24F3N. The molecular weight excluding hydrogens is 263 g/mol. The highest BCUT2D eigenvalue weighted by molar-refractivity contribution is 5.14. The van der Waals surface area contributed by atoms with E-state index >= 15 is 0 Å².